The third-order valence-electron chi connectivity index (χ3n) is 7.15. The van der Waals surface area contributed by atoms with Crippen molar-refractivity contribution in [3.63, 3.8) is 0 Å². The van der Waals surface area contributed by atoms with Crippen molar-refractivity contribution < 1.29 is 46.8 Å². The lowest BCUT2D eigenvalue weighted by atomic mass is 10.00. The second kappa shape index (κ2) is 11.5. The highest BCUT2D eigenvalue weighted by Gasteiger charge is 2.58. The number of likely N-dealkylation sites (tertiary alicyclic amines) is 1. The second-order valence-corrected chi connectivity index (χ2v) is 10.0. The normalized spacial score (nSPS) is 21.5. The van der Waals surface area contributed by atoms with Crippen LogP contribution < -0.4 is 4.74 Å². The Morgan fingerprint density at radius 1 is 1.00 bits per heavy atom. The number of benzene rings is 2. The minimum atomic E-state index is -1.91. The minimum Gasteiger partial charge on any atom is -0.490 e. The van der Waals surface area contributed by atoms with Crippen molar-refractivity contribution in [3.8, 4) is 5.75 Å². The van der Waals surface area contributed by atoms with E-state index in [2.05, 4.69) is 0 Å². The number of halogens is 2. The van der Waals surface area contributed by atoms with Crippen LogP contribution in [0.3, 0.4) is 0 Å². The predicted molar refractivity (Wildman–Crippen MR) is 133 cm³/mol. The molecule has 214 valence electrons. The van der Waals surface area contributed by atoms with Gasteiger partial charge in [0.05, 0.1) is 26.2 Å². The van der Waals surface area contributed by atoms with E-state index < -0.39 is 41.5 Å². The van der Waals surface area contributed by atoms with Crippen LogP contribution in [0.5, 0.6) is 5.75 Å². The first-order chi connectivity index (χ1) is 19.2. The summed E-state index contributed by atoms with van der Waals surface area (Å²) in [5.74, 6) is -6.02. The molecule has 12 heteroatoms. The number of piperidine rings is 1. The summed E-state index contributed by atoms with van der Waals surface area (Å²) in [5.41, 5.74) is 0.725. The molecule has 1 amide bonds. The predicted octanol–water partition coefficient (Wildman–Crippen LogP) is 2.70. The van der Waals surface area contributed by atoms with Gasteiger partial charge in [0.2, 0.25) is 5.91 Å². The SMILES string of the molecule is CN(CCCC1(c2ccc(F)cc2)OCCO1)CC(=O)N1CCC(Oc2ccc(F)cc2)CC12OC(=O)C(=O)O2. The Kier molecular flexibility index (Phi) is 8.02. The molecule has 0 radical (unpaired) electrons. The molecular formula is C28H30F2N2O8. The molecule has 3 fully saturated rings. The molecule has 10 nitrogen and oxygen atoms in total. The number of esters is 2. The molecule has 0 aliphatic carbocycles. The summed E-state index contributed by atoms with van der Waals surface area (Å²) < 4.78 is 55.0. The Balaban J connectivity index is 1.19. The molecule has 0 saturated carbocycles. The number of amides is 1. The van der Waals surface area contributed by atoms with E-state index in [4.69, 9.17) is 23.7 Å². The molecule has 1 unspecified atom stereocenters. The van der Waals surface area contributed by atoms with Gasteiger partial charge in [0.25, 0.3) is 0 Å². The molecule has 3 aliphatic heterocycles. The standard InChI is InChI=1S/C28H30F2N2O8/c1-31(13-2-12-27(36-15-16-37-27)19-3-5-20(29)6-4-19)18-24(33)32-14-11-23(38-22-9-7-21(30)8-10-22)17-28(32)39-25(34)26(35)40-28/h3-10,23H,2,11-18H2,1H3. The van der Waals surface area contributed by atoms with Crippen LogP contribution in [-0.2, 0) is 39.1 Å². The molecule has 2 aromatic rings. The van der Waals surface area contributed by atoms with E-state index >= 15 is 0 Å². The van der Waals surface area contributed by atoms with Gasteiger partial charge in [-0.3, -0.25) is 14.6 Å². The van der Waals surface area contributed by atoms with Crippen molar-refractivity contribution in [1.82, 2.24) is 9.80 Å². The van der Waals surface area contributed by atoms with Gasteiger partial charge in [0, 0.05) is 24.9 Å². The molecule has 1 atom stereocenters. The van der Waals surface area contributed by atoms with Gasteiger partial charge in [-0.2, -0.15) is 0 Å². The van der Waals surface area contributed by atoms with Gasteiger partial charge in [-0.15, -0.1) is 0 Å². The highest BCUT2D eigenvalue weighted by atomic mass is 19.1. The van der Waals surface area contributed by atoms with Crippen molar-refractivity contribution in [2.75, 3.05) is 39.9 Å². The van der Waals surface area contributed by atoms with Crippen LogP contribution in [0.1, 0.15) is 31.2 Å². The number of rotatable bonds is 9. The van der Waals surface area contributed by atoms with Crippen molar-refractivity contribution in [2.24, 2.45) is 0 Å². The van der Waals surface area contributed by atoms with Gasteiger partial charge in [0.15, 0.2) is 5.79 Å². The van der Waals surface area contributed by atoms with Crippen molar-refractivity contribution in [1.29, 1.82) is 0 Å². The average Bonchev–Trinajstić information content (AvgIpc) is 3.50. The Labute approximate surface area is 229 Å². The summed E-state index contributed by atoms with van der Waals surface area (Å²) in [6.45, 7) is 1.41. The van der Waals surface area contributed by atoms with Gasteiger partial charge in [-0.1, -0.05) is 12.1 Å². The zero-order valence-corrected chi connectivity index (χ0v) is 22.0. The van der Waals surface area contributed by atoms with E-state index in [1.54, 1.807) is 24.1 Å². The monoisotopic (exact) mass is 560 g/mol. The van der Waals surface area contributed by atoms with Gasteiger partial charge in [0.1, 0.15) is 23.5 Å². The molecule has 0 aromatic heterocycles. The Bertz CT molecular complexity index is 1220. The fourth-order valence-corrected chi connectivity index (χ4v) is 5.24. The van der Waals surface area contributed by atoms with Crippen molar-refractivity contribution in [2.45, 2.75) is 43.5 Å². The zero-order chi connectivity index (χ0) is 28.3. The van der Waals surface area contributed by atoms with Gasteiger partial charge in [-0.05, 0) is 56.4 Å². The Hall–Kier alpha value is -3.61. The lowest BCUT2D eigenvalue weighted by molar-refractivity contribution is -0.267. The minimum absolute atomic E-state index is 0.0361. The van der Waals surface area contributed by atoms with Crippen LogP contribution >= 0.6 is 0 Å². The number of carbonyl (C=O) groups excluding carboxylic acids is 3. The smallest absolute Gasteiger partial charge is 0.422 e. The molecule has 5 rings (SSSR count). The van der Waals surface area contributed by atoms with E-state index in [1.165, 1.54) is 41.3 Å². The summed E-state index contributed by atoms with van der Waals surface area (Å²) in [6, 6.07) is 11.4. The maximum Gasteiger partial charge on any atom is 0.422 e. The van der Waals surface area contributed by atoms with E-state index in [0.717, 1.165) is 5.56 Å². The van der Waals surface area contributed by atoms with E-state index in [-0.39, 0.29) is 25.3 Å². The van der Waals surface area contributed by atoms with Crippen molar-refractivity contribution in [3.05, 3.63) is 65.7 Å². The molecule has 3 aliphatic rings. The largest absolute Gasteiger partial charge is 0.490 e. The number of hydrogen-bond acceptors (Lipinski definition) is 9. The van der Waals surface area contributed by atoms with Gasteiger partial charge < -0.3 is 23.7 Å². The molecule has 3 saturated heterocycles. The number of likely N-dealkylation sites (N-methyl/N-ethyl adjacent to an activating group) is 1. The van der Waals surface area contributed by atoms with Crippen LogP contribution in [0.25, 0.3) is 0 Å². The fourth-order valence-electron chi connectivity index (χ4n) is 5.24. The van der Waals surface area contributed by atoms with E-state index in [0.29, 0.717) is 44.8 Å². The number of hydrogen-bond donors (Lipinski definition) is 0. The molecular weight excluding hydrogens is 530 g/mol. The maximum absolute atomic E-state index is 13.4. The maximum atomic E-state index is 13.4. The third kappa shape index (κ3) is 5.93. The van der Waals surface area contributed by atoms with E-state index in [1.807, 2.05) is 0 Å². The average molecular weight is 561 g/mol. The van der Waals surface area contributed by atoms with Crippen LogP contribution in [0.15, 0.2) is 48.5 Å². The summed E-state index contributed by atoms with van der Waals surface area (Å²) >= 11 is 0. The number of ether oxygens (including phenoxy) is 5. The first kappa shape index (κ1) is 27.9. The highest BCUT2D eigenvalue weighted by molar-refractivity contribution is 6.31. The number of carbonyl (C=O) groups is 3. The zero-order valence-electron chi connectivity index (χ0n) is 22.0. The fraction of sp³-hybridized carbons (Fsp3) is 0.464. The summed E-state index contributed by atoms with van der Waals surface area (Å²) in [5, 5.41) is 0. The lowest BCUT2D eigenvalue weighted by Crippen LogP contribution is -2.61. The first-order valence-corrected chi connectivity index (χ1v) is 13.1. The summed E-state index contributed by atoms with van der Waals surface area (Å²) in [6.07, 6.45) is 0.816. The van der Waals surface area contributed by atoms with Crippen molar-refractivity contribution >= 4 is 17.8 Å². The summed E-state index contributed by atoms with van der Waals surface area (Å²) in [4.78, 5) is 40.4. The van der Waals surface area contributed by atoms with Gasteiger partial charge in [-0.25, -0.2) is 18.4 Å². The van der Waals surface area contributed by atoms with Crippen LogP contribution in [0.4, 0.5) is 8.78 Å². The molecule has 0 N–H and O–H groups in total. The third-order valence-corrected chi connectivity index (χ3v) is 7.15. The molecule has 2 aromatic carbocycles. The van der Waals surface area contributed by atoms with Crippen LogP contribution in [0.2, 0.25) is 0 Å². The molecule has 1 spiro atoms. The van der Waals surface area contributed by atoms with Gasteiger partial charge >= 0.3 is 17.8 Å². The quantitative estimate of drug-likeness (QED) is 0.338. The number of nitrogens with zero attached hydrogens (tertiary/aromatic N) is 2. The highest BCUT2D eigenvalue weighted by Crippen LogP contribution is 2.38. The topological polar surface area (TPSA) is 104 Å². The Morgan fingerprint density at radius 2 is 1.60 bits per heavy atom. The van der Waals surface area contributed by atoms with Crippen LogP contribution in [-0.4, -0.2) is 79.6 Å². The lowest BCUT2D eigenvalue weighted by Gasteiger charge is -2.43. The molecule has 0 bridgehead atoms. The molecule has 3 heterocycles. The first-order valence-electron chi connectivity index (χ1n) is 13.1. The van der Waals surface area contributed by atoms with E-state index in [9.17, 15) is 23.2 Å². The Morgan fingerprint density at radius 3 is 2.23 bits per heavy atom. The van der Waals surface area contributed by atoms with Crippen LogP contribution in [0, 0.1) is 11.6 Å². The molecule has 40 heavy (non-hydrogen) atoms. The second-order valence-electron chi connectivity index (χ2n) is 10.0. The summed E-state index contributed by atoms with van der Waals surface area (Å²) in [7, 11) is 1.77.